The highest BCUT2D eigenvalue weighted by molar-refractivity contribution is 6.10. The molecule has 2 saturated heterocycles. The van der Waals surface area contributed by atoms with Crippen LogP contribution in [0.2, 0.25) is 0 Å². The van der Waals surface area contributed by atoms with Crippen LogP contribution in [0.5, 0.6) is 5.75 Å². The summed E-state index contributed by atoms with van der Waals surface area (Å²) in [6, 6.07) is 13.3. The van der Waals surface area contributed by atoms with E-state index in [1.54, 1.807) is 18.5 Å². The number of imide groups is 1. The van der Waals surface area contributed by atoms with Crippen LogP contribution in [-0.2, 0) is 19.8 Å². The smallest absolute Gasteiger partial charge is 0.240 e. The molecule has 1 aliphatic carbocycles. The molecule has 5 rings (SSSR count). The molecule has 178 valence electrons. The molecule has 3 aliphatic rings. The Labute approximate surface area is 200 Å². The van der Waals surface area contributed by atoms with E-state index in [-0.39, 0.29) is 43.1 Å². The maximum absolute atomic E-state index is 13.8. The average Bonchev–Trinajstić information content (AvgIpc) is 3.29. The Bertz CT molecular complexity index is 1040. The first kappa shape index (κ1) is 22.6. The second kappa shape index (κ2) is 9.57. The van der Waals surface area contributed by atoms with Crippen molar-refractivity contribution in [1.82, 2.24) is 14.8 Å². The van der Waals surface area contributed by atoms with Gasteiger partial charge in [-0.15, -0.1) is 0 Å². The van der Waals surface area contributed by atoms with Crippen molar-refractivity contribution in [2.24, 2.45) is 5.92 Å². The minimum atomic E-state index is -1.13. The molecular weight excluding hydrogens is 430 g/mol. The number of amides is 3. The van der Waals surface area contributed by atoms with Crippen LogP contribution in [0.15, 0.2) is 54.9 Å². The summed E-state index contributed by atoms with van der Waals surface area (Å²) < 4.78 is 5.67. The quantitative estimate of drug-likeness (QED) is 0.445. The van der Waals surface area contributed by atoms with Gasteiger partial charge in [-0.3, -0.25) is 24.3 Å². The highest BCUT2D eigenvalue weighted by Crippen LogP contribution is 2.42. The van der Waals surface area contributed by atoms with Gasteiger partial charge in [0.2, 0.25) is 17.7 Å². The Hall–Kier alpha value is -3.22. The van der Waals surface area contributed by atoms with E-state index in [4.69, 9.17) is 4.74 Å². The number of ether oxygens (including phenoxy) is 1. The minimum Gasteiger partial charge on any atom is -0.492 e. The number of fused-ring (bicyclic) bond motifs is 2. The van der Waals surface area contributed by atoms with E-state index in [2.05, 4.69) is 4.98 Å². The number of likely N-dealkylation sites (tertiary alicyclic amines) is 2. The number of carbonyl (C=O) groups excluding carboxylic acids is 3. The fourth-order valence-corrected chi connectivity index (χ4v) is 5.90. The third-order valence-electron chi connectivity index (χ3n) is 7.59. The molecule has 3 atom stereocenters. The molecule has 2 aliphatic heterocycles. The van der Waals surface area contributed by atoms with Crippen molar-refractivity contribution in [2.45, 2.75) is 56.4 Å². The summed E-state index contributed by atoms with van der Waals surface area (Å²) >= 11 is 0. The predicted octanol–water partition coefficient (Wildman–Crippen LogP) is 3.34. The van der Waals surface area contributed by atoms with E-state index in [9.17, 15) is 14.4 Å². The van der Waals surface area contributed by atoms with Gasteiger partial charge in [-0.05, 0) is 49.3 Å². The lowest BCUT2D eigenvalue weighted by Gasteiger charge is -2.31. The zero-order valence-corrected chi connectivity index (χ0v) is 19.4. The average molecular weight is 462 g/mol. The van der Waals surface area contributed by atoms with Gasteiger partial charge in [0.25, 0.3) is 0 Å². The lowest BCUT2D eigenvalue weighted by molar-refractivity contribution is -0.143. The molecule has 3 amide bonds. The molecule has 0 radical (unpaired) electrons. The molecule has 7 nitrogen and oxygen atoms in total. The van der Waals surface area contributed by atoms with Gasteiger partial charge in [-0.1, -0.05) is 36.8 Å². The molecule has 0 N–H and O–H groups in total. The molecule has 1 aromatic heterocycles. The lowest BCUT2D eigenvalue weighted by atomic mass is 9.75. The number of hydrogen-bond donors (Lipinski definition) is 0. The summed E-state index contributed by atoms with van der Waals surface area (Å²) in [5.74, 6) is 0.749. The standard InChI is InChI=1S/C27H31N3O4/c31-24-16-27(21-8-2-1-3-9-21,17-25(32)30-19-20-7-4-10-22(30)15-20)26(33)29(24)13-6-14-34-23-11-5-12-28-18-23/h1-3,5,8-9,11-12,18,20,22H,4,6-7,10,13-17,19H2. The Balaban J connectivity index is 1.31. The van der Waals surface area contributed by atoms with Crippen LogP contribution < -0.4 is 4.74 Å². The first-order chi connectivity index (χ1) is 16.6. The van der Waals surface area contributed by atoms with Crippen molar-refractivity contribution in [3.8, 4) is 5.75 Å². The van der Waals surface area contributed by atoms with Crippen LogP contribution in [0.1, 0.15) is 50.5 Å². The van der Waals surface area contributed by atoms with Gasteiger partial charge in [-0.2, -0.15) is 0 Å². The maximum Gasteiger partial charge on any atom is 0.240 e. The van der Waals surface area contributed by atoms with Crippen LogP contribution in [0, 0.1) is 5.92 Å². The van der Waals surface area contributed by atoms with Crippen molar-refractivity contribution < 1.29 is 19.1 Å². The van der Waals surface area contributed by atoms with Crippen LogP contribution in [0.3, 0.4) is 0 Å². The van der Waals surface area contributed by atoms with E-state index >= 15 is 0 Å². The monoisotopic (exact) mass is 461 g/mol. The lowest BCUT2D eigenvalue weighted by Crippen LogP contribution is -2.44. The molecule has 7 heteroatoms. The molecular formula is C27H31N3O4. The summed E-state index contributed by atoms with van der Waals surface area (Å²) in [6.07, 6.45) is 8.35. The number of carbonyl (C=O) groups is 3. The zero-order valence-electron chi connectivity index (χ0n) is 19.4. The molecule has 3 unspecified atom stereocenters. The molecule has 1 saturated carbocycles. The van der Waals surface area contributed by atoms with Gasteiger partial charge >= 0.3 is 0 Å². The summed E-state index contributed by atoms with van der Waals surface area (Å²) in [7, 11) is 0. The van der Waals surface area contributed by atoms with Crippen molar-refractivity contribution in [3.63, 3.8) is 0 Å². The van der Waals surface area contributed by atoms with Gasteiger partial charge in [0.15, 0.2) is 0 Å². The molecule has 2 aromatic rings. The summed E-state index contributed by atoms with van der Waals surface area (Å²) in [4.78, 5) is 47.7. The summed E-state index contributed by atoms with van der Waals surface area (Å²) in [5, 5.41) is 0. The Kier molecular flexibility index (Phi) is 6.35. The Morgan fingerprint density at radius 3 is 2.74 bits per heavy atom. The normalized spacial score (nSPS) is 26.2. The van der Waals surface area contributed by atoms with Crippen LogP contribution in [-0.4, -0.2) is 58.2 Å². The largest absolute Gasteiger partial charge is 0.492 e. The highest BCUT2D eigenvalue weighted by atomic mass is 16.5. The zero-order chi connectivity index (χ0) is 23.5. The van der Waals surface area contributed by atoms with Crippen molar-refractivity contribution in [1.29, 1.82) is 0 Å². The SMILES string of the molecule is O=C1CC(CC(=O)N2CC3CCCC2C3)(c2ccccc2)C(=O)N1CCCOc1cccnc1. The topological polar surface area (TPSA) is 79.8 Å². The maximum atomic E-state index is 13.8. The number of rotatable bonds is 8. The van der Waals surface area contributed by atoms with Crippen LogP contribution in [0.25, 0.3) is 0 Å². The van der Waals surface area contributed by atoms with Gasteiger partial charge in [-0.25, -0.2) is 0 Å². The number of nitrogens with zero attached hydrogens (tertiary/aromatic N) is 3. The van der Waals surface area contributed by atoms with Gasteiger partial charge in [0, 0.05) is 38.2 Å². The number of benzene rings is 1. The third-order valence-corrected chi connectivity index (χ3v) is 7.59. The fraction of sp³-hybridized carbons (Fsp3) is 0.481. The number of pyridine rings is 1. The molecule has 34 heavy (non-hydrogen) atoms. The van der Waals surface area contributed by atoms with Crippen molar-refractivity contribution in [3.05, 3.63) is 60.4 Å². The molecule has 1 aromatic carbocycles. The second-order valence-corrected chi connectivity index (χ2v) is 9.78. The second-order valence-electron chi connectivity index (χ2n) is 9.78. The van der Waals surface area contributed by atoms with Crippen molar-refractivity contribution >= 4 is 17.7 Å². The van der Waals surface area contributed by atoms with Crippen LogP contribution >= 0.6 is 0 Å². The van der Waals surface area contributed by atoms with Gasteiger partial charge in [0.05, 0.1) is 18.2 Å². The molecule has 0 spiro atoms. The summed E-state index contributed by atoms with van der Waals surface area (Å²) in [6.45, 7) is 1.43. The predicted molar refractivity (Wildman–Crippen MR) is 126 cm³/mol. The fourth-order valence-electron chi connectivity index (χ4n) is 5.90. The minimum absolute atomic E-state index is 0.00108. The molecule has 3 fully saturated rings. The highest BCUT2D eigenvalue weighted by Gasteiger charge is 2.54. The van der Waals surface area contributed by atoms with E-state index in [0.717, 1.165) is 31.4 Å². The van der Waals surface area contributed by atoms with E-state index < -0.39 is 5.41 Å². The Morgan fingerprint density at radius 2 is 1.97 bits per heavy atom. The van der Waals surface area contributed by atoms with E-state index in [1.165, 1.54) is 11.3 Å². The number of aromatic nitrogens is 1. The summed E-state index contributed by atoms with van der Waals surface area (Å²) in [5.41, 5.74) is -0.381. The number of hydrogen-bond acceptors (Lipinski definition) is 5. The van der Waals surface area contributed by atoms with E-state index in [0.29, 0.717) is 24.7 Å². The Morgan fingerprint density at radius 1 is 1.12 bits per heavy atom. The van der Waals surface area contributed by atoms with Crippen molar-refractivity contribution in [2.75, 3.05) is 19.7 Å². The van der Waals surface area contributed by atoms with Crippen LogP contribution in [0.4, 0.5) is 0 Å². The first-order valence-corrected chi connectivity index (χ1v) is 12.3. The third kappa shape index (κ3) is 4.31. The first-order valence-electron chi connectivity index (χ1n) is 12.3. The molecule has 3 heterocycles. The van der Waals surface area contributed by atoms with Gasteiger partial charge in [0.1, 0.15) is 5.75 Å². The van der Waals surface area contributed by atoms with E-state index in [1.807, 2.05) is 41.3 Å². The molecule has 2 bridgehead atoms. The van der Waals surface area contributed by atoms with Gasteiger partial charge < -0.3 is 9.64 Å².